The number of methoxy groups -OCH3 is 1. The van der Waals surface area contributed by atoms with Gasteiger partial charge in [0.1, 0.15) is 18.2 Å². The van der Waals surface area contributed by atoms with Crippen LogP contribution in [0.15, 0.2) is 48.0 Å². The van der Waals surface area contributed by atoms with Gasteiger partial charge in [0.25, 0.3) is 5.69 Å². The number of nitro benzene ring substituents is 1. The number of aliphatic carboxylic acids is 1. The van der Waals surface area contributed by atoms with Gasteiger partial charge in [-0.25, -0.2) is 4.79 Å². The third kappa shape index (κ3) is 4.58. The first-order valence-corrected chi connectivity index (χ1v) is 7.34. The molecule has 0 radical (unpaired) electrons. The summed E-state index contributed by atoms with van der Waals surface area (Å²) < 4.78 is 10.9. The first-order valence-electron chi connectivity index (χ1n) is 7.34. The molecular formula is C18H14N2O6. The summed E-state index contributed by atoms with van der Waals surface area (Å²) in [5, 5.41) is 28.4. The number of hydrogen-bond acceptors (Lipinski definition) is 6. The van der Waals surface area contributed by atoms with Crippen LogP contribution in [0.4, 0.5) is 5.69 Å². The molecule has 0 fully saturated rings. The molecule has 0 amide bonds. The molecule has 2 aromatic carbocycles. The zero-order valence-electron chi connectivity index (χ0n) is 13.7. The molecule has 0 unspecified atom stereocenters. The molecule has 0 spiro atoms. The van der Waals surface area contributed by atoms with E-state index in [9.17, 15) is 14.9 Å². The summed E-state index contributed by atoms with van der Waals surface area (Å²) in [5.74, 6) is -0.545. The monoisotopic (exact) mass is 354 g/mol. The molecule has 0 atom stereocenters. The van der Waals surface area contributed by atoms with Crippen molar-refractivity contribution in [1.82, 2.24) is 0 Å². The lowest BCUT2D eigenvalue weighted by molar-refractivity contribution is -0.384. The maximum Gasteiger partial charge on any atom is 0.346 e. The van der Waals surface area contributed by atoms with Crippen molar-refractivity contribution in [3.8, 4) is 17.6 Å². The highest BCUT2D eigenvalue weighted by atomic mass is 16.6. The van der Waals surface area contributed by atoms with Gasteiger partial charge in [-0.2, -0.15) is 5.26 Å². The SMILES string of the molecule is COc1ccc(C=C(C#N)C(=O)O)cc1OCc1ccc([N+](=O)[O-])cc1. The Bertz CT molecular complexity index is 897. The normalized spacial score (nSPS) is 10.7. The largest absolute Gasteiger partial charge is 0.493 e. The first-order chi connectivity index (χ1) is 12.4. The van der Waals surface area contributed by atoms with E-state index >= 15 is 0 Å². The topological polar surface area (TPSA) is 123 Å². The maximum absolute atomic E-state index is 10.9. The van der Waals surface area contributed by atoms with Gasteiger partial charge in [0.2, 0.25) is 0 Å². The van der Waals surface area contributed by atoms with E-state index in [-0.39, 0.29) is 12.3 Å². The second-order valence-corrected chi connectivity index (χ2v) is 5.10. The Hall–Kier alpha value is -3.86. The Kier molecular flexibility index (Phi) is 5.90. The second-order valence-electron chi connectivity index (χ2n) is 5.10. The molecule has 0 saturated carbocycles. The fourth-order valence-corrected chi connectivity index (χ4v) is 2.08. The van der Waals surface area contributed by atoms with Gasteiger partial charge in [-0.05, 0) is 41.5 Å². The van der Waals surface area contributed by atoms with Crippen molar-refractivity contribution in [2.24, 2.45) is 0 Å². The number of ether oxygens (including phenoxy) is 2. The lowest BCUT2D eigenvalue weighted by atomic mass is 10.1. The Labute approximate surface area is 148 Å². The lowest BCUT2D eigenvalue weighted by Gasteiger charge is -2.11. The minimum absolute atomic E-state index is 0.0174. The predicted octanol–water partition coefficient (Wildman–Crippen LogP) is 3.17. The summed E-state index contributed by atoms with van der Waals surface area (Å²) in [6.07, 6.45) is 1.22. The maximum atomic E-state index is 10.9. The van der Waals surface area contributed by atoms with Crippen molar-refractivity contribution >= 4 is 17.7 Å². The van der Waals surface area contributed by atoms with Crippen molar-refractivity contribution < 1.29 is 24.3 Å². The van der Waals surface area contributed by atoms with E-state index in [4.69, 9.17) is 19.8 Å². The van der Waals surface area contributed by atoms with E-state index in [2.05, 4.69) is 0 Å². The molecular weight excluding hydrogens is 340 g/mol. The highest BCUT2D eigenvalue weighted by Crippen LogP contribution is 2.30. The lowest BCUT2D eigenvalue weighted by Crippen LogP contribution is -1.99. The van der Waals surface area contributed by atoms with Gasteiger partial charge >= 0.3 is 5.97 Å². The minimum Gasteiger partial charge on any atom is -0.493 e. The number of benzene rings is 2. The van der Waals surface area contributed by atoms with E-state index < -0.39 is 16.5 Å². The van der Waals surface area contributed by atoms with Crippen LogP contribution >= 0.6 is 0 Å². The number of carboxylic acids is 1. The molecule has 0 bridgehead atoms. The Morgan fingerprint density at radius 2 is 1.96 bits per heavy atom. The van der Waals surface area contributed by atoms with Crippen LogP contribution in [0.2, 0.25) is 0 Å². The number of nitro groups is 1. The van der Waals surface area contributed by atoms with E-state index in [1.807, 2.05) is 0 Å². The standard InChI is InChI=1S/C18H14N2O6/c1-25-16-7-4-13(8-14(10-19)18(21)22)9-17(16)26-11-12-2-5-15(6-3-12)20(23)24/h2-9H,11H2,1H3,(H,21,22). The summed E-state index contributed by atoms with van der Waals surface area (Å²) in [4.78, 5) is 21.1. The smallest absolute Gasteiger partial charge is 0.346 e. The van der Waals surface area contributed by atoms with Gasteiger partial charge in [-0.15, -0.1) is 0 Å². The van der Waals surface area contributed by atoms with E-state index in [1.165, 1.54) is 25.3 Å². The summed E-state index contributed by atoms with van der Waals surface area (Å²) >= 11 is 0. The van der Waals surface area contributed by atoms with Crippen molar-refractivity contribution in [1.29, 1.82) is 5.26 Å². The van der Waals surface area contributed by atoms with Crippen molar-refractivity contribution in [2.45, 2.75) is 6.61 Å². The van der Waals surface area contributed by atoms with Gasteiger partial charge in [0.05, 0.1) is 12.0 Å². The van der Waals surface area contributed by atoms with Crippen LogP contribution in [0.25, 0.3) is 6.08 Å². The van der Waals surface area contributed by atoms with Gasteiger partial charge in [-0.1, -0.05) is 6.07 Å². The van der Waals surface area contributed by atoms with Crippen LogP contribution in [-0.2, 0) is 11.4 Å². The molecule has 8 heteroatoms. The number of nitrogens with zero attached hydrogens (tertiary/aromatic N) is 2. The molecule has 0 heterocycles. The summed E-state index contributed by atoms with van der Waals surface area (Å²) in [6.45, 7) is 0.131. The fraction of sp³-hybridized carbons (Fsp3) is 0.111. The van der Waals surface area contributed by atoms with Gasteiger partial charge < -0.3 is 14.6 Å². The second kappa shape index (κ2) is 8.30. The highest BCUT2D eigenvalue weighted by Gasteiger charge is 2.10. The van der Waals surface area contributed by atoms with Crippen LogP contribution in [0.5, 0.6) is 11.5 Å². The zero-order chi connectivity index (χ0) is 19.1. The van der Waals surface area contributed by atoms with Crippen molar-refractivity contribution in [3.05, 3.63) is 69.3 Å². The van der Waals surface area contributed by atoms with Crippen molar-refractivity contribution in [3.63, 3.8) is 0 Å². The van der Waals surface area contributed by atoms with Crippen molar-refractivity contribution in [2.75, 3.05) is 7.11 Å². The quantitative estimate of drug-likeness (QED) is 0.350. The van der Waals surface area contributed by atoms with Crippen LogP contribution in [0, 0.1) is 21.4 Å². The Morgan fingerprint density at radius 1 is 1.27 bits per heavy atom. The van der Waals surface area contributed by atoms with Crippen LogP contribution in [0.3, 0.4) is 0 Å². The first kappa shape index (κ1) is 18.5. The van der Waals surface area contributed by atoms with Gasteiger partial charge in [-0.3, -0.25) is 10.1 Å². The number of carbonyl (C=O) groups is 1. The van der Waals surface area contributed by atoms with Crippen LogP contribution in [0.1, 0.15) is 11.1 Å². The predicted molar refractivity (Wildman–Crippen MR) is 91.6 cm³/mol. The summed E-state index contributed by atoms with van der Waals surface area (Å²) in [5.41, 5.74) is 0.748. The van der Waals surface area contributed by atoms with Gasteiger partial charge in [0.15, 0.2) is 11.5 Å². The molecule has 8 nitrogen and oxygen atoms in total. The summed E-state index contributed by atoms with van der Waals surface area (Å²) in [7, 11) is 1.46. The molecule has 1 N–H and O–H groups in total. The molecule has 2 aromatic rings. The third-order valence-electron chi connectivity index (χ3n) is 3.39. The van der Waals surface area contributed by atoms with E-state index in [0.717, 1.165) is 0 Å². The molecule has 0 aliphatic carbocycles. The van der Waals surface area contributed by atoms with Crippen LogP contribution in [-0.4, -0.2) is 23.1 Å². The van der Waals surface area contributed by atoms with Gasteiger partial charge in [0, 0.05) is 12.1 Å². The average molecular weight is 354 g/mol. The number of nitriles is 1. The molecule has 0 aromatic heterocycles. The highest BCUT2D eigenvalue weighted by molar-refractivity contribution is 5.96. The fourth-order valence-electron chi connectivity index (χ4n) is 2.08. The molecule has 0 aliphatic heterocycles. The molecule has 0 aliphatic rings. The molecule has 132 valence electrons. The third-order valence-corrected chi connectivity index (χ3v) is 3.39. The van der Waals surface area contributed by atoms with Crippen LogP contribution < -0.4 is 9.47 Å². The summed E-state index contributed by atoms with van der Waals surface area (Å²) in [6, 6.07) is 12.2. The number of non-ortho nitro benzene ring substituents is 1. The molecule has 0 saturated heterocycles. The number of rotatable bonds is 7. The Balaban J connectivity index is 2.22. The van der Waals surface area contributed by atoms with E-state index in [1.54, 1.807) is 36.4 Å². The number of hydrogen-bond donors (Lipinski definition) is 1. The average Bonchev–Trinajstić information content (AvgIpc) is 2.64. The molecule has 26 heavy (non-hydrogen) atoms. The van der Waals surface area contributed by atoms with E-state index in [0.29, 0.717) is 22.6 Å². The zero-order valence-corrected chi connectivity index (χ0v) is 13.7. The minimum atomic E-state index is -1.32. The Morgan fingerprint density at radius 3 is 2.50 bits per heavy atom. The number of carboxylic acid groups (broad SMARTS) is 1. The molecule has 2 rings (SSSR count).